The second-order valence-electron chi connectivity index (χ2n) is 8.60. The SMILES string of the molecule is O=C1NC(c2cc(F)ccc2Cl)c2c(NC(=O)N3CCCC34CCCC4)cc(Br)cc21. The fourth-order valence-corrected chi connectivity index (χ4v) is 6.15. The van der Waals surface area contributed by atoms with Gasteiger partial charge in [-0.15, -0.1) is 0 Å². The Morgan fingerprint density at radius 1 is 1.19 bits per heavy atom. The molecule has 2 N–H and O–H groups in total. The van der Waals surface area contributed by atoms with E-state index in [-0.39, 0.29) is 17.5 Å². The molecule has 2 heterocycles. The molecule has 1 spiro atoms. The lowest BCUT2D eigenvalue weighted by atomic mass is 9.94. The van der Waals surface area contributed by atoms with Gasteiger partial charge in [-0.05, 0) is 56.0 Å². The van der Waals surface area contributed by atoms with E-state index in [1.165, 1.54) is 18.2 Å². The van der Waals surface area contributed by atoms with Gasteiger partial charge in [0, 0.05) is 44.0 Å². The molecule has 162 valence electrons. The molecule has 1 saturated heterocycles. The van der Waals surface area contributed by atoms with Crippen molar-refractivity contribution in [3.8, 4) is 0 Å². The van der Waals surface area contributed by atoms with Crippen molar-refractivity contribution in [1.29, 1.82) is 0 Å². The summed E-state index contributed by atoms with van der Waals surface area (Å²) < 4.78 is 14.6. The first-order valence-electron chi connectivity index (χ1n) is 10.6. The summed E-state index contributed by atoms with van der Waals surface area (Å²) in [5.74, 6) is -0.726. The van der Waals surface area contributed by atoms with Gasteiger partial charge < -0.3 is 15.5 Å². The number of anilines is 1. The number of nitrogens with one attached hydrogen (secondary N) is 2. The van der Waals surface area contributed by atoms with Crippen LogP contribution in [0.4, 0.5) is 14.9 Å². The number of nitrogens with zero attached hydrogens (tertiary/aromatic N) is 1. The van der Waals surface area contributed by atoms with Gasteiger partial charge in [-0.2, -0.15) is 0 Å². The van der Waals surface area contributed by atoms with Crippen molar-refractivity contribution in [3.63, 3.8) is 0 Å². The van der Waals surface area contributed by atoms with E-state index in [9.17, 15) is 14.0 Å². The average Bonchev–Trinajstić information content (AvgIpc) is 3.45. The molecule has 2 fully saturated rings. The molecule has 0 aromatic heterocycles. The zero-order chi connectivity index (χ0) is 21.8. The highest BCUT2D eigenvalue weighted by molar-refractivity contribution is 9.10. The summed E-state index contributed by atoms with van der Waals surface area (Å²) >= 11 is 9.79. The second kappa shape index (κ2) is 7.78. The van der Waals surface area contributed by atoms with Gasteiger partial charge in [0.15, 0.2) is 0 Å². The third kappa shape index (κ3) is 3.52. The van der Waals surface area contributed by atoms with E-state index < -0.39 is 11.9 Å². The van der Waals surface area contributed by atoms with E-state index in [0.717, 1.165) is 45.1 Å². The average molecular weight is 507 g/mol. The number of urea groups is 1. The van der Waals surface area contributed by atoms with Crippen LogP contribution in [0.1, 0.15) is 66.1 Å². The van der Waals surface area contributed by atoms with Crippen molar-refractivity contribution in [1.82, 2.24) is 10.2 Å². The minimum atomic E-state index is -0.645. The van der Waals surface area contributed by atoms with Crippen LogP contribution < -0.4 is 10.6 Å². The Labute approximate surface area is 193 Å². The van der Waals surface area contributed by atoms with Crippen LogP contribution in [-0.2, 0) is 0 Å². The summed E-state index contributed by atoms with van der Waals surface area (Å²) in [5, 5.41) is 6.30. The van der Waals surface area contributed by atoms with Gasteiger partial charge in [-0.25, -0.2) is 9.18 Å². The van der Waals surface area contributed by atoms with Crippen LogP contribution >= 0.6 is 27.5 Å². The first-order chi connectivity index (χ1) is 14.9. The first kappa shape index (κ1) is 20.8. The third-order valence-corrected chi connectivity index (χ3v) is 7.64. The molecule has 2 aliphatic heterocycles. The molecule has 1 saturated carbocycles. The minimum Gasteiger partial charge on any atom is -0.341 e. The monoisotopic (exact) mass is 505 g/mol. The number of hydrogen-bond acceptors (Lipinski definition) is 2. The predicted molar refractivity (Wildman–Crippen MR) is 121 cm³/mol. The molecule has 31 heavy (non-hydrogen) atoms. The molecule has 1 aliphatic carbocycles. The molecule has 5 rings (SSSR count). The summed E-state index contributed by atoms with van der Waals surface area (Å²) in [4.78, 5) is 28.0. The number of fused-ring (bicyclic) bond motifs is 1. The second-order valence-corrected chi connectivity index (χ2v) is 9.93. The van der Waals surface area contributed by atoms with Crippen LogP contribution in [0, 0.1) is 5.82 Å². The highest BCUT2D eigenvalue weighted by atomic mass is 79.9. The van der Waals surface area contributed by atoms with Gasteiger partial charge in [0.05, 0.1) is 6.04 Å². The Balaban J connectivity index is 1.53. The zero-order valence-corrected chi connectivity index (χ0v) is 19.2. The lowest BCUT2D eigenvalue weighted by molar-refractivity contribution is 0.0960. The summed E-state index contributed by atoms with van der Waals surface area (Å²) in [7, 11) is 0. The van der Waals surface area contributed by atoms with E-state index in [1.54, 1.807) is 12.1 Å². The van der Waals surface area contributed by atoms with Crippen LogP contribution in [0.15, 0.2) is 34.8 Å². The van der Waals surface area contributed by atoms with Crippen molar-refractivity contribution < 1.29 is 14.0 Å². The lowest BCUT2D eigenvalue weighted by Crippen LogP contribution is -2.47. The number of hydrogen-bond donors (Lipinski definition) is 2. The molecule has 5 nitrogen and oxygen atoms in total. The number of benzene rings is 2. The number of rotatable bonds is 2. The van der Waals surface area contributed by atoms with E-state index in [1.807, 2.05) is 4.90 Å². The molecule has 2 aromatic carbocycles. The highest BCUT2D eigenvalue weighted by Crippen LogP contribution is 2.44. The maximum atomic E-state index is 14.0. The number of amides is 3. The molecule has 1 atom stereocenters. The molecule has 3 amide bonds. The number of carbonyl (C=O) groups is 2. The van der Waals surface area contributed by atoms with E-state index >= 15 is 0 Å². The summed E-state index contributed by atoms with van der Waals surface area (Å²) in [6, 6.07) is 6.78. The quantitative estimate of drug-likeness (QED) is 0.524. The molecule has 0 radical (unpaired) electrons. The van der Waals surface area contributed by atoms with Gasteiger partial charge in [0.25, 0.3) is 5.91 Å². The van der Waals surface area contributed by atoms with E-state index in [2.05, 4.69) is 26.6 Å². The minimum absolute atomic E-state index is 0.0430. The van der Waals surface area contributed by atoms with E-state index in [4.69, 9.17) is 11.6 Å². The molecular weight excluding hydrogens is 485 g/mol. The van der Waals surface area contributed by atoms with Crippen LogP contribution in [0.2, 0.25) is 5.02 Å². The van der Waals surface area contributed by atoms with Crippen molar-refractivity contribution in [2.75, 3.05) is 11.9 Å². The number of carbonyl (C=O) groups excluding carboxylic acids is 2. The Hall–Kier alpha value is -2.12. The highest BCUT2D eigenvalue weighted by Gasteiger charge is 2.45. The van der Waals surface area contributed by atoms with E-state index in [0.29, 0.717) is 31.9 Å². The molecule has 2 aromatic rings. The predicted octanol–water partition coefficient (Wildman–Crippen LogP) is 6.01. The fraction of sp³-hybridized carbons (Fsp3) is 0.391. The van der Waals surface area contributed by atoms with Crippen LogP contribution in [0.5, 0.6) is 0 Å². The lowest BCUT2D eigenvalue weighted by Gasteiger charge is -2.35. The molecule has 1 unspecified atom stereocenters. The standard InChI is InChI=1S/C23H22BrClFN3O2/c24-13-10-16-19(20(28-21(16)30)15-12-14(26)4-5-17(15)25)18(11-13)27-22(31)29-9-3-8-23(29)6-1-2-7-23/h4-5,10-12,20H,1-3,6-9H2,(H,27,31)(H,28,30). The van der Waals surface area contributed by atoms with Crippen LogP contribution in [-0.4, -0.2) is 28.9 Å². The van der Waals surface area contributed by atoms with Gasteiger partial charge in [0.1, 0.15) is 5.82 Å². The number of halogens is 3. The number of likely N-dealkylation sites (tertiary alicyclic amines) is 1. The third-order valence-electron chi connectivity index (χ3n) is 6.84. The van der Waals surface area contributed by atoms with Crippen molar-refractivity contribution in [3.05, 3.63) is 62.3 Å². The molecular formula is C23H22BrClFN3O2. The Kier molecular flexibility index (Phi) is 5.21. The maximum absolute atomic E-state index is 14.0. The van der Waals surface area contributed by atoms with Crippen LogP contribution in [0.3, 0.4) is 0 Å². The zero-order valence-electron chi connectivity index (χ0n) is 16.8. The Morgan fingerprint density at radius 3 is 2.71 bits per heavy atom. The van der Waals surface area contributed by atoms with Gasteiger partial charge >= 0.3 is 6.03 Å². The van der Waals surface area contributed by atoms with Crippen molar-refractivity contribution in [2.24, 2.45) is 0 Å². The fourth-order valence-electron chi connectivity index (χ4n) is 5.46. The van der Waals surface area contributed by atoms with Gasteiger partial charge in [-0.1, -0.05) is 40.4 Å². The topological polar surface area (TPSA) is 61.4 Å². The van der Waals surface area contributed by atoms with Crippen molar-refractivity contribution in [2.45, 2.75) is 50.1 Å². The van der Waals surface area contributed by atoms with Crippen LogP contribution in [0.25, 0.3) is 0 Å². The smallest absolute Gasteiger partial charge is 0.322 e. The molecule has 8 heteroatoms. The Bertz CT molecular complexity index is 1080. The molecule has 3 aliphatic rings. The van der Waals surface area contributed by atoms with Gasteiger partial charge in [-0.3, -0.25) is 4.79 Å². The van der Waals surface area contributed by atoms with Crippen molar-refractivity contribution >= 4 is 45.2 Å². The first-order valence-corrected chi connectivity index (χ1v) is 11.7. The summed E-state index contributed by atoms with van der Waals surface area (Å²) in [5.41, 5.74) is 1.98. The molecule has 0 bridgehead atoms. The summed E-state index contributed by atoms with van der Waals surface area (Å²) in [6.07, 6.45) is 6.42. The normalized spacial score (nSPS) is 21.5. The van der Waals surface area contributed by atoms with Gasteiger partial charge in [0.2, 0.25) is 0 Å². The maximum Gasteiger partial charge on any atom is 0.322 e. The largest absolute Gasteiger partial charge is 0.341 e. The summed E-state index contributed by atoms with van der Waals surface area (Å²) in [6.45, 7) is 0.734. The Morgan fingerprint density at radius 2 is 1.94 bits per heavy atom.